The van der Waals surface area contributed by atoms with Crippen LogP contribution in [0.3, 0.4) is 0 Å². The van der Waals surface area contributed by atoms with E-state index in [1.807, 2.05) is 6.07 Å². The zero-order valence-electron chi connectivity index (χ0n) is 17.4. The fourth-order valence-corrected chi connectivity index (χ4v) is 4.26. The predicted molar refractivity (Wildman–Crippen MR) is 107 cm³/mol. The molecule has 3 heterocycles. The van der Waals surface area contributed by atoms with E-state index in [1.165, 1.54) is 0 Å². The third kappa shape index (κ3) is 3.28. The summed E-state index contributed by atoms with van der Waals surface area (Å²) in [5.41, 5.74) is -1.11. The Bertz CT molecular complexity index is 920. The molecule has 5 amide bonds. The monoisotopic (exact) mass is 414 g/mol. The highest BCUT2D eigenvalue weighted by molar-refractivity contribution is 6.09. The van der Waals surface area contributed by atoms with Gasteiger partial charge in [0, 0.05) is 25.9 Å². The van der Waals surface area contributed by atoms with Gasteiger partial charge in [0.05, 0.1) is 12.1 Å². The van der Waals surface area contributed by atoms with Crippen LogP contribution in [0.25, 0.3) is 0 Å². The predicted octanol–water partition coefficient (Wildman–Crippen LogP) is 0.889. The number of urea groups is 1. The van der Waals surface area contributed by atoms with Gasteiger partial charge >= 0.3 is 6.03 Å². The van der Waals surface area contributed by atoms with Gasteiger partial charge in [-0.05, 0) is 32.9 Å². The Hall–Kier alpha value is -3.10. The maximum absolute atomic E-state index is 13.0. The molecule has 1 spiro atoms. The van der Waals surface area contributed by atoms with Crippen LogP contribution in [0, 0.1) is 0 Å². The number of hydrogen-bond donors (Lipinski definition) is 2. The molecule has 9 nitrogen and oxygen atoms in total. The Balaban J connectivity index is 1.45. The van der Waals surface area contributed by atoms with Gasteiger partial charge in [-0.15, -0.1) is 0 Å². The SMILES string of the molecule is C[C@H](C(=O)N1CCC2(CC1)CNC(=O)c1ccccc1O2)N1C(=O)NC(C)(C)C1=O. The average molecular weight is 414 g/mol. The van der Waals surface area contributed by atoms with E-state index in [9.17, 15) is 19.2 Å². The molecule has 2 fully saturated rings. The number of imide groups is 1. The van der Waals surface area contributed by atoms with E-state index >= 15 is 0 Å². The minimum atomic E-state index is -1.02. The summed E-state index contributed by atoms with van der Waals surface area (Å²) in [4.78, 5) is 52.7. The molecular formula is C21H26N4O5. The molecule has 0 saturated carbocycles. The van der Waals surface area contributed by atoms with Gasteiger partial charge in [-0.1, -0.05) is 12.1 Å². The molecule has 2 saturated heterocycles. The van der Waals surface area contributed by atoms with E-state index in [-0.39, 0.29) is 11.8 Å². The minimum absolute atomic E-state index is 0.171. The Morgan fingerprint density at radius 3 is 2.43 bits per heavy atom. The van der Waals surface area contributed by atoms with Gasteiger partial charge in [0.15, 0.2) is 0 Å². The number of carbonyl (C=O) groups is 4. The van der Waals surface area contributed by atoms with Crippen molar-refractivity contribution >= 4 is 23.8 Å². The molecule has 3 aliphatic rings. The number of hydrogen-bond acceptors (Lipinski definition) is 5. The first-order chi connectivity index (χ1) is 14.1. The molecule has 1 aromatic rings. The van der Waals surface area contributed by atoms with Crippen LogP contribution in [0.5, 0.6) is 5.75 Å². The van der Waals surface area contributed by atoms with Gasteiger partial charge < -0.3 is 20.3 Å². The smallest absolute Gasteiger partial charge is 0.325 e. The molecular weight excluding hydrogens is 388 g/mol. The molecule has 1 atom stereocenters. The van der Waals surface area contributed by atoms with E-state index in [0.29, 0.717) is 43.8 Å². The van der Waals surface area contributed by atoms with Crippen LogP contribution in [0.2, 0.25) is 0 Å². The molecule has 30 heavy (non-hydrogen) atoms. The fourth-order valence-electron chi connectivity index (χ4n) is 4.26. The fraction of sp³-hybridized carbons (Fsp3) is 0.524. The number of benzene rings is 1. The minimum Gasteiger partial charge on any atom is -0.484 e. The second-order valence-electron chi connectivity index (χ2n) is 8.70. The first kappa shape index (κ1) is 20.2. The van der Waals surface area contributed by atoms with Crippen LogP contribution < -0.4 is 15.4 Å². The van der Waals surface area contributed by atoms with Crippen molar-refractivity contribution in [2.75, 3.05) is 19.6 Å². The van der Waals surface area contributed by atoms with E-state index in [1.54, 1.807) is 43.9 Å². The normalized spacial score (nSPS) is 23.2. The van der Waals surface area contributed by atoms with Gasteiger partial charge in [0.25, 0.3) is 11.8 Å². The molecule has 160 valence electrons. The maximum atomic E-state index is 13.0. The number of rotatable bonds is 2. The molecule has 0 aliphatic carbocycles. The van der Waals surface area contributed by atoms with E-state index in [4.69, 9.17) is 4.74 Å². The summed E-state index contributed by atoms with van der Waals surface area (Å²) in [6.07, 6.45) is 1.07. The van der Waals surface area contributed by atoms with Gasteiger partial charge in [-0.2, -0.15) is 0 Å². The number of likely N-dealkylation sites (tertiary alicyclic amines) is 1. The summed E-state index contributed by atoms with van der Waals surface area (Å²) in [6, 6.07) is 5.68. The Morgan fingerprint density at radius 2 is 1.80 bits per heavy atom. The van der Waals surface area contributed by atoms with Gasteiger partial charge in [0.2, 0.25) is 5.91 Å². The lowest BCUT2D eigenvalue weighted by Crippen LogP contribution is -2.57. The maximum Gasteiger partial charge on any atom is 0.325 e. The number of para-hydroxylation sites is 1. The highest BCUT2D eigenvalue weighted by Crippen LogP contribution is 2.33. The lowest BCUT2D eigenvalue weighted by molar-refractivity contribution is -0.144. The van der Waals surface area contributed by atoms with Crippen molar-refractivity contribution in [2.24, 2.45) is 0 Å². The van der Waals surface area contributed by atoms with Crippen molar-refractivity contribution < 1.29 is 23.9 Å². The quantitative estimate of drug-likeness (QED) is 0.699. The largest absolute Gasteiger partial charge is 0.484 e. The highest BCUT2D eigenvalue weighted by atomic mass is 16.5. The van der Waals surface area contributed by atoms with Crippen LogP contribution >= 0.6 is 0 Å². The standard InChI is InChI=1S/C21H26N4O5/c1-13(25-18(28)20(2,3)23-19(25)29)17(27)24-10-8-21(9-11-24)12-22-16(26)14-6-4-5-7-15(14)30-21/h4-7,13H,8-12H2,1-3H3,(H,22,26)(H,23,29)/t13-/m1/s1. The highest BCUT2D eigenvalue weighted by Gasteiger charge is 2.49. The number of nitrogens with zero attached hydrogens (tertiary/aromatic N) is 2. The average Bonchev–Trinajstić information content (AvgIpc) is 2.83. The summed E-state index contributed by atoms with van der Waals surface area (Å²) in [5.74, 6) is -0.310. The van der Waals surface area contributed by atoms with E-state index in [0.717, 1.165) is 4.90 Å². The Labute approximate surface area is 174 Å². The number of amides is 5. The summed E-state index contributed by atoms with van der Waals surface area (Å²) < 4.78 is 6.26. The number of ether oxygens (including phenoxy) is 1. The van der Waals surface area contributed by atoms with Crippen LogP contribution in [0.4, 0.5) is 4.79 Å². The summed E-state index contributed by atoms with van der Waals surface area (Å²) in [7, 11) is 0. The zero-order valence-corrected chi connectivity index (χ0v) is 17.4. The first-order valence-corrected chi connectivity index (χ1v) is 10.1. The topological polar surface area (TPSA) is 108 Å². The van der Waals surface area contributed by atoms with Gasteiger partial charge in [-0.25, -0.2) is 9.69 Å². The molecule has 9 heteroatoms. The molecule has 0 unspecified atom stereocenters. The molecule has 0 radical (unpaired) electrons. The van der Waals surface area contributed by atoms with Gasteiger partial charge in [0.1, 0.15) is 22.9 Å². The molecule has 0 bridgehead atoms. The van der Waals surface area contributed by atoms with Crippen molar-refractivity contribution in [1.29, 1.82) is 0 Å². The lowest BCUT2D eigenvalue weighted by Gasteiger charge is -2.42. The van der Waals surface area contributed by atoms with E-state index < -0.39 is 29.1 Å². The molecule has 0 aromatic heterocycles. The second-order valence-corrected chi connectivity index (χ2v) is 8.70. The van der Waals surface area contributed by atoms with Crippen LogP contribution in [0.1, 0.15) is 44.0 Å². The summed E-state index contributed by atoms with van der Waals surface area (Å²) >= 11 is 0. The molecule has 4 rings (SSSR count). The third-order valence-corrected chi connectivity index (χ3v) is 6.15. The van der Waals surface area contributed by atoms with Crippen LogP contribution in [-0.4, -0.2) is 70.4 Å². The second kappa shape index (κ2) is 7.00. The van der Waals surface area contributed by atoms with Crippen molar-refractivity contribution in [3.63, 3.8) is 0 Å². The molecule has 3 aliphatic heterocycles. The number of carbonyl (C=O) groups excluding carboxylic acids is 4. The van der Waals surface area contributed by atoms with Crippen molar-refractivity contribution in [3.05, 3.63) is 29.8 Å². The number of nitrogens with one attached hydrogen (secondary N) is 2. The van der Waals surface area contributed by atoms with Crippen molar-refractivity contribution in [3.8, 4) is 5.75 Å². The van der Waals surface area contributed by atoms with Gasteiger partial charge in [-0.3, -0.25) is 14.4 Å². The third-order valence-electron chi connectivity index (χ3n) is 6.15. The Morgan fingerprint density at radius 1 is 1.13 bits per heavy atom. The van der Waals surface area contributed by atoms with Crippen LogP contribution in [-0.2, 0) is 9.59 Å². The van der Waals surface area contributed by atoms with Crippen molar-refractivity contribution in [1.82, 2.24) is 20.4 Å². The summed E-state index contributed by atoms with van der Waals surface area (Å²) in [5, 5.41) is 5.53. The summed E-state index contributed by atoms with van der Waals surface area (Å²) in [6.45, 7) is 5.99. The first-order valence-electron chi connectivity index (χ1n) is 10.1. The molecule has 2 N–H and O–H groups in total. The number of fused-ring (bicyclic) bond motifs is 1. The van der Waals surface area contributed by atoms with E-state index in [2.05, 4.69) is 10.6 Å². The number of piperidine rings is 1. The lowest BCUT2D eigenvalue weighted by atomic mass is 9.90. The van der Waals surface area contributed by atoms with Crippen LogP contribution in [0.15, 0.2) is 24.3 Å². The molecule has 1 aromatic carbocycles. The zero-order chi connectivity index (χ0) is 21.7. The van der Waals surface area contributed by atoms with Crippen molar-refractivity contribution in [2.45, 2.75) is 50.8 Å². The Kier molecular flexibility index (Phi) is 4.71.